The Morgan fingerprint density at radius 1 is 1.39 bits per heavy atom. The van der Waals surface area contributed by atoms with Crippen molar-refractivity contribution < 1.29 is 4.79 Å². The van der Waals surface area contributed by atoms with Crippen molar-refractivity contribution in [2.75, 3.05) is 24.6 Å². The van der Waals surface area contributed by atoms with Crippen molar-refractivity contribution in [2.24, 2.45) is 0 Å². The van der Waals surface area contributed by atoms with Crippen molar-refractivity contribution in [3.63, 3.8) is 0 Å². The van der Waals surface area contributed by atoms with E-state index in [1.807, 2.05) is 36.6 Å². The summed E-state index contributed by atoms with van der Waals surface area (Å²) in [5, 5.41) is 2.91. The van der Waals surface area contributed by atoms with E-state index in [4.69, 9.17) is 0 Å². The van der Waals surface area contributed by atoms with Gasteiger partial charge in [0.05, 0.1) is 12.2 Å². The fraction of sp³-hybridized carbons (Fsp3) is 0.583. The van der Waals surface area contributed by atoms with Crippen LogP contribution in [-0.2, 0) is 6.54 Å². The number of aromatic nitrogens is 2. The van der Waals surface area contributed by atoms with E-state index >= 15 is 0 Å². The zero-order valence-corrected chi connectivity index (χ0v) is 11.6. The lowest BCUT2D eigenvalue weighted by molar-refractivity contribution is 0.202. The van der Waals surface area contributed by atoms with Gasteiger partial charge in [-0.25, -0.2) is 14.8 Å². The van der Waals surface area contributed by atoms with E-state index in [-0.39, 0.29) is 6.03 Å². The third kappa shape index (κ3) is 3.60. The molecular formula is C12H18N4OS. The molecule has 0 spiro atoms. The van der Waals surface area contributed by atoms with E-state index in [9.17, 15) is 4.79 Å². The van der Waals surface area contributed by atoms with Crippen molar-refractivity contribution in [1.29, 1.82) is 0 Å². The minimum atomic E-state index is 0.00391. The maximum absolute atomic E-state index is 11.9. The van der Waals surface area contributed by atoms with Crippen LogP contribution in [0.25, 0.3) is 0 Å². The Bertz CT molecular complexity index is 412. The Morgan fingerprint density at radius 3 is 2.78 bits per heavy atom. The second-order valence-corrected chi connectivity index (χ2v) is 5.53. The lowest BCUT2D eigenvalue weighted by atomic mass is 10.3. The van der Waals surface area contributed by atoms with E-state index in [1.165, 1.54) is 0 Å². The zero-order chi connectivity index (χ0) is 13.0. The van der Waals surface area contributed by atoms with Gasteiger partial charge < -0.3 is 10.2 Å². The molecule has 5 nitrogen and oxygen atoms in total. The molecule has 0 saturated carbocycles. The van der Waals surface area contributed by atoms with Gasteiger partial charge in [-0.3, -0.25) is 0 Å². The average molecular weight is 266 g/mol. The molecule has 0 aliphatic carbocycles. The number of rotatable bonds is 2. The molecule has 2 rings (SSSR count). The molecule has 0 radical (unpaired) electrons. The molecule has 0 unspecified atom stereocenters. The Labute approximate surface area is 111 Å². The summed E-state index contributed by atoms with van der Waals surface area (Å²) in [4.78, 5) is 22.3. The first-order valence-electron chi connectivity index (χ1n) is 6.07. The van der Waals surface area contributed by atoms with Crippen LogP contribution in [-0.4, -0.2) is 45.5 Å². The number of nitrogens with zero attached hydrogens (tertiary/aromatic N) is 3. The highest BCUT2D eigenvalue weighted by Gasteiger charge is 2.16. The Morgan fingerprint density at radius 2 is 2.11 bits per heavy atom. The molecule has 1 N–H and O–H groups in total. The maximum Gasteiger partial charge on any atom is 0.317 e. The van der Waals surface area contributed by atoms with Gasteiger partial charge in [-0.1, -0.05) is 0 Å². The highest BCUT2D eigenvalue weighted by Crippen LogP contribution is 2.09. The molecule has 2 amide bonds. The smallest absolute Gasteiger partial charge is 0.317 e. The molecule has 1 aromatic heterocycles. The minimum Gasteiger partial charge on any atom is -0.332 e. The molecule has 6 heteroatoms. The average Bonchev–Trinajstić information content (AvgIpc) is 2.36. The minimum absolute atomic E-state index is 0.00391. The quantitative estimate of drug-likeness (QED) is 0.878. The summed E-state index contributed by atoms with van der Waals surface area (Å²) in [6, 6.07) is 1.91. The number of thioether (sulfide) groups is 1. The van der Waals surface area contributed by atoms with Gasteiger partial charge in [-0.2, -0.15) is 11.8 Å². The first kappa shape index (κ1) is 13.1. The molecule has 2 heterocycles. The fourth-order valence-corrected chi connectivity index (χ4v) is 2.83. The van der Waals surface area contributed by atoms with Gasteiger partial charge in [0.1, 0.15) is 5.82 Å². The second-order valence-electron chi connectivity index (χ2n) is 4.31. The number of carbonyl (C=O) groups excluding carboxylic acids is 1. The van der Waals surface area contributed by atoms with Crippen molar-refractivity contribution in [1.82, 2.24) is 20.2 Å². The predicted molar refractivity (Wildman–Crippen MR) is 72.6 cm³/mol. The molecule has 1 aliphatic heterocycles. The highest BCUT2D eigenvalue weighted by molar-refractivity contribution is 7.99. The molecule has 18 heavy (non-hydrogen) atoms. The van der Waals surface area contributed by atoms with Crippen LogP contribution < -0.4 is 5.32 Å². The van der Waals surface area contributed by atoms with Crippen molar-refractivity contribution in [2.45, 2.75) is 20.4 Å². The summed E-state index contributed by atoms with van der Waals surface area (Å²) in [6.45, 7) is 5.92. The van der Waals surface area contributed by atoms with Gasteiger partial charge in [0.2, 0.25) is 0 Å². The molecule has 0 atom stereocenters. The van der Waals surface area contributed by atoms with E-state index in [0.717, 1.165) is 41.8 Å². The van der Waals surface area contributed by atoms with Crippen molar-refractivity contribution in [3.05, 3.63) is 23.3 Å². The normalized spacial score (nSPS) is 15.6. The lowest BCUT2D eigenvalue weighted by Crippen LogP contribution is -2.44. The summed E-state index contributed by atoms with van der Waals surface area (Å²) in [6.07, 6.45) is 0. The molecule has 1 aliphatic rings. The summed E-state index contributed by atoms with van der Waals surface area (Å²) in [7, 11) is 0. The fourth-order valence-electron chi connectivity index (χ4n) is 1.93. The number of aryl methyl sites for hydroxylation is 2. The predicted octanol–water partition coefficient (Wildman–Crippen LogP) is 1.35. The number of hydrogen-bond acceptors (Lipinski definition) is 4. The highest BCUT2D eigenvalue weighted by atomic mass is 32.2. The molecule has 1 fully saturated rings. The van der Waals surface area contributed by atoms with Crippen LogP contribution >= 0.6 is 11.8 Å². The van der Waals surface area contributed by atoms with Crippen LogP contribution in [0, 0.1) is 13.8 Å². The van der Waals surface area contributed by atoms with E-state index in [2.05, 4.69) is 15.3 Å². The molecule has 0 aromatic carbocycles. The maximum atomic E-state index is 11.9. The van der Waals surface area contributed by atoms with Gasteiger partial charge >= 0.3 is 6.03 Å². The molecule has 98 valence electrons. The lowest BCUT2D eigenvalue weighted by Gasteiger charge is -2.26. The zero-order valence-electron chi connectivity index (χ0n) is 10.8. The number of amides is 2. The van der Waals surface area contributed by atoms with Gasteiger partial charge in [0.25, 0.3) is 0 Å². The number of nitrogens with one attached hydrogen (secondary N) is 1. The SMILES string of the molecule is Cc1cc(CNC(=O)N2CCSCC2)nc(C)n1. The first-order valence-corrected chi connectivity index (χ1v) is 7.22. The Balaban J connectivity index is 1.88. The molecule has 1 saturated heterocycles. The van der Waals surface area contributed by atoms with Crippen LogP contribution in [0.3, 0.4) is 0 Å². The molecule has 0 bridgehead atoms. The van der Waals surface area contributed by atoms with Crippen LogP contribution in [0.1, 0.15) is 17.2 Å². The van der Waals surface area contributed by atoms with Crippen molar-refractivity contribution in [3.8, 4) is 0 Å². The van der Waals surface area contributed by atoms with Crippen LogP contribution in [0.2, 0.25) is 0 Å². The van der Waals surface area contributed by atoms with Crippen LogP contribution in [0.15, 0.2) is 6.07 Å². The summed E-state index contributed by atoms with van der Waals surface area (Å²) < 4.78 is 0. The number of carbonyl (C=O) groups is 1. The third-order valence-electron chi connectivity index (χ3n) is 2.74. The van der Waals surface area contributed by atoms with Crippen molar-refractivity contribution >= 4 is 17.8 Å². The van der Waals surface area contributed by atoms with E-state index in [1.54, 1.807) is 0 Å². The summed E-state index contributed by atoms with van der Waals surface area (Å²) >= 11 is 1.89. The van der Waals surface area contributed by atoms with Crippen LogP contribution in [0.4, 0.5) is 4.79 Å². The van der Waals surface area contributed by atoms with E-state index in [0.29, 0.717) is 6.54 Å². The van der Waals surface area contributed by atoms with Crippen LogP contribution in [0.5, 0.6) is 0 Å². The number of urea groups is 1. The molecular weight excluding hydrogens is 248 g/mol. The third-order valence-corrected chi connectivity index (χ3v) is 3.68. The second kappa shape index (κ2) is 6.04. The Kier molecular flexibility index (Phi) is 4.41. The molecule has 1 aromatic rings. The number of hydrogen-bond donors (Lipinski definition) is 1. The van der Waals surface area contributed by atoms with Gasteiger partial charge in [0.15, 0.2) is 0 Å². The van der Waals surface area contributed by atoms with Gasteiger partial charge in [0, 0.05) is 30.3 Å². The topological polar surface area (TPSA) is 58.1 Å². The monoisotopic (exact) mass is 266 g/mol. The first-order chi connectivity index (χ1) is 8.65. The summed E-state index contributed by atoms with van der Waals surface area (Å²) in [5.74, 6) is 2.80. The Hall–Kier alpha value is -1.30. The summed E-state index contributed by atoms with van der Waals surface area (Å²) in [5.41, 5.74) is 1.79. The van der Waals surface area contributed by atoms with Gasteiger partial charge in [-0.05, 0) is 19.9 Å². The van der Waals surface area contributed by atoms with Gasteiger partial charge in [-0.15, -0.1) is 0 Å². The largest absolute Gasteiger partial charge is 0.332 e. The standard InChI is InChI=1S/C12H18N4OS/c1-9-7-11(15-10(2)14-9)8-13-12(17)16-3-5-18-6-4-16/h7H,3-6,8H2,1-2H3,(H,13,17). The van der Waals surface area contributed by atoms with E-state index < -0.39 is 0 Å².